The van der Waals surface area contributed by atoms with E-state index in [-0.39, 0.29) is 0 Å². The Morgan fingerprint density at radius 2 is 1.57 bits per heavy atom. The quantitative estimate of drug-likeness (QED) is 0.432. The molecule has 0 amide bonds. The van der Waals surface area contributed by atoms with Gasteiger partial charge < -0.3 is 0 Å². The van der Waals surface area contributed by atoms with Crippen LogP contribution in [0, 0.1) is 0 Å². The SMILES string of the molecule is C[B][B]C(C)(C)C. The Morgan fingerprint density at radius 1 is 1.14 bits per heavy atom. The highest BCUT2D eigenvalue weighted by atomic mass is 13.9. The first-order chi connectivity index (χ1) is 3.06. The minimum absolute atomic E-state index is 0.370. The van der Waals surface area contributed by atoms with E-state index in [1.54, 1.807) is 0 Å². The summed E-state index contributed by atoms with van der Waals surface area (Å²) in [4.78, 5) is 0. The molecule has 0 unspecified atom stereocenters. The van der Waals surface area contributed by atoms with Gasteiger partial charge in [0.05, 0.1) is 14.3 Å². The molecule has 0 aliphatic heterocycles. The van der Waals surface area contributed by atoms with E-state index in [4.69, 9.17) is 0 Å². The number of hydrogen-bond acceptors (Lipinski definition) is 0. The molecule has 0 rings (SSSR count). The van der Waals surface area contributed by atoms with E-state index < -0.39 is 0 Å². The minimum atomic E-state index is 0.370. The molecule has 0 aromatic carbocycles. The highest BCUT2D eigenvalue weighted by Gasteiger charge is 2.07. The van der Waals surface area contributed by atoms with Gasteiger partial charge in [0.1, 0.15) is 0 Å². The molecule has 0 N–H and O–H groups in total. The van der Waals surface area contributed by atoms with E-state index >= 15 is 0 Å². The molecule has 0 aliphatic rings. The zero-order valence-corrected chi connectivity index (χ0v) is 5.65. The van der Waals surface area contributed by atoms with E-state index in [0.29, 0.717) is 5.31 Å². The van der Waals surface area contributed by atoms with Crippen LogP contribution in [-0.2, 0) is 0 Å². The van der Waals surface area contributed by atoms with Gasteiger partial charge in [0.2, 0.25) is 0 Å². The first kappa shape index (κ1) is 7.13. The van der Waals surface area contributed by atoms with Crippen LogP contribution >= 0.6 is 0 Å². The summed E-state index contributed by atoms with van der Waals surface area (Å²) in [5.41, 5.74) is 0. The van der Waals surface area contributed by atoms with Gasteiger partial charge in [-0.25, -0.2) is 0 Å². The standard InChI is InChI=1S/C5H12B2/c1-5(2,3)7-6-4/h1-4H3. The summed E-state index contributed by atoms with van der Waals surface area (Å²) in [7, 11) is 4.27. The van der Waals surface area contributed by atoms with Crippen molar-refractivity contribution >= 4 is 14.3 Å². The van der Waals surface area contributed by atoms with Crippen molar-refractivity contribution in [2.24, 2.45) is 0 Å². The van der Waals surface area contributed by atoms with E-state index in [1.807, 2.05) is 6.82 Å². The molecule has 0 aliphatic carbocycles. The molecule has 0 heterocycles. The summed E-state index contributed by atoms with van der Waals surface area (Å²) in [5, 5.41) is 0.370. The lowest BCUT2D eigenvalue weighted by molar-refractivity contribution is 0.762. The molecule has 7 heavy (non-hydrogen) atoms. The highest BCUT2D eigenvalue weighted by Crippen LogP contribution is 2.18. The summed E-state index contributed by atoms with van der Waals surface area (Å²) in [6.45, 7) is 8.61. The van der Waals surface area contributed by atoms with Crippen molar-refractivity contribution in [3.05, 3.63) is 0 Å². The van der Waals surface area contributed by atoms with Gasteiger partial charge in [0, 0.05) is 0 Å². The third-order valence-corrected chi connectivity index (χ3v) is 0.667. The van der Waals surface area contributed by atoms with Gasteiger partial charge >= 0.3 is 0 Å². The van der Waals surface area contributed by atoms with Gasteiger partial charge in [-0.15, -0.1) is 0 Å². The first-order valence-corrected chi connectivity index (χ1v) is 2.70. The Kier molecular flexibility index (Phi) is 2.49. The minimum Gasteiger partial charge on any atom is -0.0999 e. The maximum absolute atomic E-state index is 2.19. The van der Waals surface area contributed by atoms with Gasteiger partial charge in [0.25, 0.3) is 0 Å². The molecule has 0 saturated heterocycles. The van der Waals surface area contributed by atoms with Crippen LogP contribution in [-0.4, -0.2) is 14.3 Å². The molecule has 0 fully saturated rings. The van der Waals surface area contributed by atoms with Crippen LogP contribution in [0.5, 0.6) is 0 Å². The molecule has 38 valence electrons. The van der Waals surface area contributed by atoms with Crippen molar-refractivity contribution in [2.45, 2.75) is 32.9 Å². The van der Waals surface area contributed by atoms with Crippen LogP contribution in [0.25, 0.3) is 0 Å². The van der Waals surface area contributed by atoms with Crippen molar-refractivity contribution < 1.29 is 0 Å². The maximum Gasteiger partial charge on any atom is 0.0723 e. The van der Waals surface area contributed by atoms with Crippen molar-refractivity contribution in [1.82, 2.24) is 0 Å². The first-order valence-electron chi connectivity index (χ1n) is 2.70. The smallest absolute Gasteiger partial charge is 0.0723 e. The summed E-state index contributed by atoms with van der Waals surface area (Å²) >= 11 is 0. The highest BCUT2D eigenvalue weighted by molar-refractivity contribution is 7.01. The Hall–Kier alpha value is 0.130. The lowest BCUT2D eigenvalue weighted by Gasteiger charge is -2.14. The van der Waals surface area contributed by atoms with Crippen molar-refractivity contribution in [3.8, 4) is 0 Å². The Bertz CT molecular complexity index is 44.5. The third-order valence-electron chi connectivity index (χ3n) is 0.667. The fraction of sp³-hybridized carbons (Fsp3) is 1.00. The molecule has 2 radical (unpaired) electrons. The Morgan fingerprint density at radius 3 is 1.57 bits per heavy atom. The van der Waals surface area contributed by atoms with Crippen LogP contribution in [0.3, 0.4) is 0 Å². The molecule has 0 atom stereocenters. The second kappa shape index (κ2) is 2.44. The van der Waals surface area contributed by atoms with Gasteiger partial charge in [-0.05, 0) is 0 Å². The van der Waals surface area contributed by atoms with Crippen molar-refractivity contribution in [3.63, 3.8) is 0 Å². The second-order valence-corrected chi connectivity index (χ2v) is 2.87. The summed E-state index contributed by atoms with van der Waals surface area (Å²) in [5.74, 6) is 0. The molecule has 0 aromatic heterocycles. The number of hydrogen-bond donors (Lipinski definition) is 0. The average molecular weight is 93.8 g/mol. The zero-order valence-electron chi connectivity index (χ0n) is 5.65. The van der Waals surface area contributed by atoms with E-state index in [2.05, 4.69) is 35.1 Å². The monoisotopic (exact) mass is 94.1 g/mol. The lowest BCUT2D eigenvalue weighted by Crippen LogP contribution is -2.12. The van der Waals surface area contributed by atoms with Crippen LogP contribution in [0.15, 0.2) is 0 Å². The molecule has 0 bridgehead atoms. The zero-order chi connectivity index (χ0) is 5.91. The molecule has 0 nitrogen and oxygen atoms in total. The van der Waals surface area contributed by atoms with E-state index in [1.165, 1.54) is 0 Å². The molecule has 0 saturated carbocycles. The van der Waals surface area contributed by atoms with Crippen molar-refractivity contribution in [1.29, 1.82) is 0 Å². The fourth-order valence-corrected chi connectivity index (χ4v) is 0.500. The van der Waals surface area contributed by atoms with Gasteiger partial charge in [-0.1, -0.05) is 32.9 Å². The number of rotatable bonds is 1. The Balaban J connectivity index is 3.15. The molecule has 0 aromatic rings. The van der Waals surface area contributed by atoms with Crippen LogP contribution in [0.2, 0.25) is 12.1 Å². The summed E-state index contributed by atoms with van der Waals surface area (Å²) in [6.07, 6.45) is 0. The predicted octanol–water partition coefficient (Wildman–Crippen LogP) is 1.58. The second-order valence-electron chi connectivity index (χ2n) is 2.87. The summed E-state index contributed by atoms with van der Waals surface area (Å²) < 4.78 is 0. The van der Waals surface area contributed by atoms with Crippen LogP contribution < -0.4 is 0 Å². The average Bonchev–Trinajstić information content (AvgIpc) is 1.30. The molecule has 2 heteroatoms. The Labute approximate surface area is 48.2 Å². The van der Waals surface area contributed by atoms with Gasteiger partial charge in [0.15, 0.2) is 0 Å². The van der Waals surface area contributed by atoms with Crippen LogP contribution in [0.1, 0.15) is 20.8 Å². The maximum atomic E-state index is 2.19. The van der Waals surface area contributed by atoms with Crippen molar-refractivity contribution in [2.75, 3.05) is 0 Å². The van der Waals surface area contributed by atoms with E-state index in [9.17, 15) is 0 Å². The van der Waals surface area contributed by atoms with Gasteiger partial charge in [-0.3, -0.25) is 0 Å². The largest absolute Gasteiger partial charge is 0.0999 e. The fourth-order valence-electron chi connectivity index (χ4n) is 0.500. The molecular weight excluding hydrogens is 81.7 g/mol. The topological polar surface area (TPSA) is 0 Å². The van der Waals surface area contributed by atoms with Crippen LogP contribution in [0.4, 0.5) is 0 Å². The van der Waals surface area contributed by atoms with E-state index in [0.717, 1.165) is 0 Å². The van der Waals surface area contributed by atoms with Gasteiger partial charge in [-0.2, -0.15) is 0 Å². The molecule has 0 spiro atoms. The lowest BCUT2D eigenvalue weighted by atomic mass is 9.31. The predicted molar refractivity (Wildman–Crippen MR) is 37.1 cm³/mol. The summed E-state index contributed by atoms with van der Waals surface area (Å²) in [6, 6.07) is 0. The normalized spacial score (nSPS) is 10.9. The molecular formula is C5H12B2. The third kappa shape index (κ3) is 6.13.